The Morgan fingerprint density at radius 1 is 0.180 bits per heavy atom. The molecule has 122 heavy (non-hydrogen) atoms. The normalized spacial score (nSPS) is 11.8. The Morgan fingerprint density at radius 3 is 0.967 bits per heavy atom. The van der Waals surface area contributed by atoms with Crippen molar-refractivity contribution in [3.63, 3.8) is 0 Å². The summed E-state index contributed by atoms with van der Waals surface area (Å²) in [5.41, 5.74) is 24.5. The van der Waals surface area contributed by atoms with E-state index in [0.29, 0.717) is 46.8 Å². The molecule has 16 aromatic carbocycles. The molecule has 0 atom stereocenters. The quantitative estimate of drug-likeness (QED) is 0.101. The minimum Gasteiger partial charge on any atom is -0.456 e. The van der Waals surface area contributed by atoms with Crippen LogP contribution in [0.4, 0.5) is 0 Å². The van der Waals surface area contributed by atoms with Crippen molar-refractivity contribution in [2.45, 2.75) is 0 Å². The molecule has 0 saturated carbocycles. The van der Waals surface area contributed by atoms with Crippen LogP contribution in [-0.4, -0.2) is 59.0 Å². The number of rotatable bonds is 14. The smallest absolute Gasteiger partial charge is 0.235 e. The topological polar surface area (TPSA) is 165 Å². The van der Waals surface area contributed by atoms with Crippen molar-refractivity contribution in [3.05, 3.63) is 388 Å². The standard InChI is InChI=1S/C108H64N12O2/c1-7-25-66(26-8-1)88-64-89(67-27-9-2-10-28-67)111-107(110-88)120-92-54-49-73(59-83(92)84-61-75(51-56-93(84)120)77-53-58-95-86(63-77)98-80(39-23-43-96(98)122-95)105-115-101(69-31-13-4-14-32-69)113-102(116-105)70-33-15-5-16-34-70)65-45-47-72(48-46-65)104-114-103(71-35-17-6-18-36-71)117-106(118-104)81-40-24-44-97-99(81)85-62-76(52-57-94(85)121-97)74-50-55-91-82(60-74)78-37-20-22-42-90(78)119(91)108-109-87-41-21-19-38-79(87)100(112-108)68-29-11-3-12-30-68/h1-64H. The second-order valence-electron chi connectivity index (χ2n) is 30.6. The SMILES string of the molecule is c1ccc(-c2cc(-c3ccccc3)nc(-n3c4ccc(-c5ccc(-c6nc(-c7ccccc7)nc(-c7cccc8oc9ccc(-c%10ccc%11c(c%10)c%10ccccc%10n%11-c%10nc(-c%11ccccc%11)c%11ccccc%11n%10)cc9c78)n6)cc5)cc4c4cc(-c5ccc6oc7cccc(-c8nc(-c9ccccc9)nc(-c9ccccc9)n8)c7c6c5)ccc43)n2)cc1. The number of nitrogens with zero attached hydrogens (tertiary/aromatic N) is 12. The molecule has 0 amide bonds. The molecule has 0 N–H and O–H groups in total. The summed E-state index contributed by atoms with van der Waals surface area (Å²) in [6.45, 7) is 0. The number of hydrogen-bond acceptors (Lipinski definition) is 12. The Kier molecular flexibility index (Phi) is 16.2. The second-order valence-corrected chi connectivity index (χ2v) is 30.6. The Labute approximate surface area is 697 Å². The molecule has 8 aromatic heterocycles. The van der Waals surface area contributed by atoms with Crippen LogP contribution in [0.25, 0.3) is 246 Å². The van der Waals surface area contributed by atoms with Gasteiger partial charge >= 0.3 is 0 Å². The lowest BCUT2D eigenvalue weighted by molar-refractivity contribution is 0.668. The van der Waals surface area contributed by atoms with Gasteiger partial charge in [0.05, 0.1) is 44.7 Å². The van der Waals surface area contributed by atoms with Gasteiger partial charge < -0.3 is 8.83 Å². The van der Waals surface area contributed by atoms with Gasteiger partial charge in [0.1, 0.15) is 22.3 Å². The molecule has 0 aliphatic heterocycles. The van der Waals surface area contributed by atoms with Gasteiger partial charge in [-0.05, 0) is 124 Å². The van der Waals surface area contributed by atoms with Crippen LogP contribution in [0, 0.1) is 0 Å². The second kappa shape index (κ2) is 28.5. The summed E-state index contributed by atoms with van der Waals surface area (Å²) in [7, 11) is 0. The van der Waals surface area contributed by atoms with Crippen LogP contribution in [0.1, 0.15) is 0 Å². The van der Waals surface area contributed by atoms with E-state index in [4.69, 9.17) is 58.7 Å². The fourth-order valence-electron chi connectivity index (χ4n) is 17.5. The summed E-state index contributed by atoms with van der Waals surface area (Å²) in [4.78, 5) is 52.8. The Balaban J connectivity index is 0.618. The highest BCUT2D eigenvalue weighted by atomic mass is 16.3. The highest BCUT2D eigenvalue weighted by Crippen LogP contribution is 2.45. The summed E-state index contributed by atoms with van der Waals surface area (Å²) < 4.78 is 17.9. The molecule has 14 nitrogen and oxygen atoms in total. The summed E-state index contributed by atoms with van der Waals surface area (Å²) >= 11 is 0. The van der Waals surface area contributed by atoms with Crippen LogP contribution < -0.4 is 0 Å². The average Bonchev–Trinajstić information content (AvgIpc) is 1.58. The van der Waals surface area contributed by atoms with E-state index < -0.39 is 0 Å². The highest BCUT2D eigenvalue weighted by molar-refractivity contribution is 6.17. The molecule has 0 fully saturated rings. The van der Waals surface area contributed by atoms with Crippen molar-refractivity contribution in [1.29, 1.82) is 0 Å². The Bertz CT molecular complexity index is 8190. The average molecular weight is 1560 g/mol. The van der Waals surface area contributed by atoms with E-state index in [9.17, 15) is 0 Å². The van der Waals surface area contributed by atoms with Gasteiger partial charge in [-0.15, -0.1) is 0 Å². The molecule has 0 spiro atoms. The summed E-state index contributed by atoms with van der Waals surface area (Å²) in [5.74, 6) is 4.47. The van der Waals surface area contributed by atoms with Crippen molar-refractivity contribution in [1.82, 2.24) is 59.0 Å². The molecule has 14 heteroatoms. The van der Waals surface area contributed by atoms with E-state index in [1.807, 2.05) is 170 Å². The first-order chi connectivity index (χ1) is 60.4. The van der Waals surface area contributed by atoms with E-state index in [-0.39, 0.29) is 0 Å². The summed E-state index contributed by atoms with van der Waals surface area (Å²) in [5, 5.41) is 8.92. The summed E-state index contributed by atoms with van der Waals surface area (Å²) in [6, 6.07) is 134. The third-order valence-corrected chi connectivity index (χ3v) is 23.3. The van der Waals surface area contributed by atoms with E-state index in [2.05, 4.69) is 228 Å². The van der Waals surface area contributed by atoms with Gasteiger partial charge in [-0.2, -0.15) is 0 Å². The third-order valence-electron chi connectivity index (χ3n) is 23.3. The van der Waals surface area contributed by atoms with Gasteiger partial charge in [0.25, 0.3) is 0 Å². The molecular formula is C108H64N12O2. The maximum absolute atomic E-state index is 6.75. The number of benzene rings is 16. The van der Waals surface area contributed by atoms with Gasteiger partial charge in [-0.3, -0.25) is 9.13 Å². The first-order valence-corrected chi connectivity index (χ1v) is 40.6. The largest absolute Gasteiger partial charge is 0.456 e. The van der Waals surface area contributed by atoms with Crippen LogP contribution in [-0.2, 0) is 0 Å². The van der Waals surface area contributed by atoms with Gasteiger partial charge in [-0.25, -0.2) is 49.8 Å². The molecule has 568 valence electrons. The molecule has 24 rings (SSSR count). The third kappa shape index (κ3) is 11.9. The molecule has 0 saturated heterocycles. The number of furan rings is 2. The van der Waals surface area contributed by atoms with E-state index in [1.54, 1.807) is 0 Å². The number of fused-ring (bicyclic) bond motifs is 13. The first kappa shape index (κ1) is 69.5. The van der Waals surface area contributed by atoms with Crippen LogP contribution in [0.3, 0.4) is 0 Å². The zero-order valence-corrected chi connectivity index (χ0v) is 65.1. The maximum Gasteiger partial charge on any atom is 0.235 e. The fraction of sp³-hybridized carbons (Fsp3) is 0. The molecular weight excluding hydrogens is 1500 g/mol. The fourth-order valence-corrected chi connectivity index (χ4v) is 17.5. The Morgan fingerprint density at radius 2 is 0.508 bits per heavy atom. The molecule has 0 aliphatic rings. The number of hydrogen-bond donors (Lipinski definition) is 0. The van der Waals surface area contributed by atoms with Crippen LogP contribution in [0.2, 0.25) is 0 Å². The van der Waals surface area contributed by atoms with Crippen molar-refractivity contribution in [2.24, 2.45) is 0 Å². The van der Waals surface area contributed by atoms with Crippen molar-refractivity contribution in [3.8, 4) is 147 Å². The monoisotopic (exact) mass is 1560 g/mol. The number of aromatic nitrogens is 12. The summed E-state index contributed by atoms with van der Waals surface area (Å²) in [6.07, 6.45) is 0. The van der Waals surface area contributed by atoms with E-state index >= 15 is 0 Å². The van der Waals surface area contributed by atoms with Crippen LogP contribution >= 0.6 is 0 Å². The van der Waals surface area contributed by atoms with Gasteiger partial charge in [0.15, 0.2) is 34.9 Å². The first-order valence-electron chi connectivity index (χ1n) is 40.6. The molecule has 0 radical (unpaired) electrons. The predicted molar refractivity (Wildman–Crippen MR) is 490 cm³/mol. The van der Waals surface area contributed by atoms with Crippen LogP contribution in [0.15, 0.2) is 397 Å². The Hall–Kier alpha value is -16.8. The zero-order valence-electron chi connectivity index (χ0n) is 65.1. The van der Waals surface area contributed by atoms with E-state index in [1.165, 1.54) is 0 Å². The van der Waals surface area contributed by atoms with Crippen LogP contribution in [0.5, 0.6) is 0 Å². The maximum atomic E-state index is 6.75. The molecule has 24 aromatic rings. The zero-order chi connectivity index (χ0) is 80.3. The predicted octanol–water partition coefficient (Wildman–Crippen LogP) is 26.8. The highest BCUT2D eigenvalue weighted by Gasteiger charge is 2.26. The van der Waals surface area contributed by atoms with Gasteiger partial charge in [0, 0.05) is 98.5 Å². The van der Waals surface area contributed by atoms with Gasteiger partial charge in [-0.1, -0.05) is 297 Å². The lowest BCUT2D eigenvalue weighted by atomic mass is 9.98. The van der Waals surface area contributed by atoms with Crippen molar-refractivity contribution < 1.29 is 8.83 Å². The molecule has 0 bridgehead atoms. The molecule has 0 unspecified atom stereocenters. The molecule has 0 aliphatic carbocycles. The number of para-hydroxylation sites is 2. The minimum absolute atomic E-state index is 0.519. The lowest BCUT2D eigenvalue weighted by Gasteiger charge is -2.12. The van der Waals surface area contributed by atoms with E-state index in [0.717, 1.165) is 199 Å². The van der Waals surface area contributed by atoms with Crippen molar-refractivity contribution in [2.75, 3.05) is 0 Å². The lowest BCUT2D eigenvalue weighted by Crippen LogP contribution is -2.04. The van der Waals surface area contributed by atoms with Crippen molar-refractivity contribution >= 4 is 98.4 Å². The van der Waals surface area contributed by atoms with Gasteiger partial charge in [0.2, 0.25) is 11.9 Å². The minimum atomic E-state index is 0.519. The molecule has 8 heterocycles.